The maximum atomic E-state index is 12.2. The van der Waals surface area contributed by atoms with Crippen molar-refractivity contribution in [2.45, 2.75) is 31.7 Å². The van der Waals surface area contributed by atoms with Gasteiger partial charge in [0.25, 0.3) is 0 Å². The number of nitrogens with zero attached hydrogens (tertiary/aromatic N) is 3. The van der Waals surface area contributed by atoms with Crippen LogP contribution in [0.1, 0.15) is 18.4 Å². The number of pyridine rings is 1. The van der Waals surface area contributed by atoms with Gasteiger partial charge < -0.3 is 24.6 Å². The maximum Gasteiger partial charge on any atom is 0.490 e. The zero-order valence-electron chi connectivity index (χ0n) is 20.7. The van der Waals surface area contributed by atoms with E-state index < -0.39 is 24.3 Å². The van der Waals surface area contributed by atoms with E-state index in [-0.39, 0.29) is 17.9 Å². The number of carboxylic acid groups (broad SMARTS) is 2. The predicted molar refractivity (Wildman–Crippen MR) is 120 cm³/mol. The summed E-state index contributed by atoms with van der Waals surface area (Å²) in [6.07, 6.45) is -4.23. The number of aliphatic carboxylic acids is 2. The molecule has 0 unspecified atom stereocenters. The van der Waals surface area contributed by atoms with E-state index in [9.17, 15) is 31.1 Å². The van der Waals surface area contributed by atoms with Gasteiger partial charge in [-0.25, -0.2) is 9.59 Å². The summed E-state index contributed by atoms with van der Waals surface area (Å²) in [4.78, 5) is 38.4. The monoisotopic (exact) mass is 573 g/mol. The molecule has 3 aliphatic rings. The van der Waals surface area contributed by atoms with Crippen molar-refractivity contribution in [3.05, 3.63) is 30.1 Å². The molecule has 39 heavy (non-hydrogen) atoms. The van der Waals surface area contributed by atoms with E-state index in [1.165, 1.54) is 5.56 Å². The number of halogens is 6. The fourth-order valence-corrected chi connectivity index (χ4v) is 4.41. The second kappa shape index (κ2) is 13.9. The summed E-state index contributed by atoms with van der Waals surface area (Å²) >= 11 is 0. The Hall–Kier alpha value is -2.98. The summed E-state index contributed by atoms with van der Waals surface area (Å²) in [5.74, 6) is -4.88. The Morgan fingerprint density at radius 3 is 2.08 bits per heavy atom. The highest BCUT2D eigenvalue weighted by atomic mass is 19.4. The van der Waals surface area contributed by atoms with Crippen LogP contribution in [0.3, 0.4) is 0 Å². The quantitative estimate of drug-likeness (QED) is 0.493. The molecule has 3 aliphatic heterocycles. The lowest BCUT2D eigenvalue weighted by molar-refractivity contribution is -0.193. The number of rotatable bonds is 6. The number of carbonyl (C=O) groups excluding carboxylic acids is 1. The van der Waals surface area contributed by atoms with Crippen molar-refractivity contribution >= 4 is 17.8 Å². The molecule has 16 heteroatoms. The number of ether oxygens (including phenoxy) is 2. The summed E-state index contributed by atoms with van der Waals surface area (Å²) in [7, 11) is 0. The van der Waals surface area contributed by atoms with Crippen LogP contribution in [0.15, 0.2) is 24.5 Å². The molecule has 1 aromatic rings. The predicted octanol–water partition coefficient (Wildman–Crippen LogP) is 2.44. The van der Waals surface area contributed by atoms with Crippen LogP contribution in [0.25, 0.3) is 0 Å². The standard InChI is InChI=1S/C19H27N3O3.2C2HF3O2/c23-18(22-7-1-2-8-22)12-25-15-19-13-21(10-17(19)11-24-14-19)9-16-3-5-20-6-4-16;2*3-2(4,5)1(6)7/h3-6,17H,1-2,7-15H2;2*(H,6,7)/t17-,19+;;/m1../s1. The van der Waals surface area contributed by atoms with Crippen LogP contribution in [0.4, 0.5) is 26.3 Å². The fraction of sp³-hybridized carbons (Fsp3) is 0.652. The lowest BCUT2D eigenvalue weighted by Gasteiger charge is -2.27. The minimum absolute atomic E-state index is 0.0400. The van der Waals surface area contributed by atoms with Gasteiger partial charge in [0, 0.05) is 56.5 Å². The van der Waals surface area contributed by atoms with E-state index in [2.05, 4.69) is 22.0 Å². The Bertz CT molecular complexity index is 934. The fourth-order valence-electron chi connectivity index (χ4n) is 4.41. The minimum atomic E-state index is -5.08. The molecule has 0 aliphatic carbocycles. The third kappa shape index (κ3) is 10.3. The second-order valence-electron chi connectivity index (χ2n) is 9.29. The number of hydrogen-bond donors (Lipinski definition) is 2. The molecule has 1 aromatic heterocycles. The van der Waals surface area contributed by atoms with Crippen molar-refractivity contribution in [3.63, 3.8) is 0 Å². The van der Waals surface area contributed by atoms with Gasteiger partial charge in [0.2, 0.25) is 5.91 Å². The summed E-state index contributed by atoms with van der Waals surface area (Å²) in [5.41, 5.74) is 1.33. The van der Waals surface area contributed by atoms with E-state index in [0.717, 1.165) is 58.8 Å². The number of likely N-dealkylation sites (tertiary alicyclic amines) is 2. The topological polar surface area (TPSA) is 130 Å². The summed E-state index contributed by atoms with van der Waals surface area (Å²) in [5, 5.41) is 14.2. The number of carboxylic acids is 2. The van der Waals surface area contributed by atoms with Gasteiger partial charge in [-0.2, -0.15) is 26.3 Å². The molecule has 2 N–H and O–H groups in total. The number of fused-ring (bicyclic) bond motifs is 1. The molecular weight excluding hydrogens is 544 g/mol. The number of alkyl halides is 6. The Morgan fingerprint density at radius 2 is 1.56 bits per heavy atom. The normalized spacial score (nSPS) is 22.8. The van der Waals surface area contributed by atoms with E-state index in [0.29, 0.717) is 12.5 Å². The Morgan fingerprint density at radius 1 is 1.03 bits per heavy atom. The van der Waals surface area contributed by atoms with Gasteiger partial charge in [-0.15, -0.1) is 0 Å². The Labute approximate surface area is 219 Å². The molecule has 10 nitrogen and oxygen atoms in total. The second-order valence-corrected chi connectivity index (χ2v) is 9.29. The first-order valence-electron chi connectivity index (χ1n) is 11.8. The van der Waals surface area contributed by atoms with Gasteiger partial charge in [-0.05, 0) is 30.5 Å². The van der Waals surface area contributed by atoms with E-state index in [4.69, 9.17) is 29.3 Å². The third-order valence-electron chi connectivity index (χ3n) is 6.31. The van der Waals surface area contributed by atoms with Crippen LogP contribution in [-0.2, 0) is 30.4 Å². The zero-order valence-corrected chi connectivity index (χ0v) is 20.7. The molecule has 4 rings (SSSR count). The molecule has 220 valence electrons. The molecule has 0 radical (unpaired) electrons. The molecule has 3 saturated heterocycles. The van der Waals surface area contributed by atoms with Crippen LogP contribution in [0.2, 0.25) is 0 Å². The molecule has 2 atom stereocenters. The van der Waals surface area contributed by atoms with Crippen molar-refractivity contribution in [2.75, 3.05) is 52.6 Å². The van der Waals surface area contributed by atoms with Crippen molar-refractivity contribution in [2.24, 2.45) is 11.3 Å². The van der Waals surface area contributed by atoms with Crippen molar-refractivity contribution < 1.29 is 60.4 Å². The van der Waals surface area contributed by atoms with Gasteiger partial charge in [0.15, 0.2) is 0 Å². The van der Waals surface area contributed by atoms with Crippen LogP contribution in [-0.4, -0.2) is 108 Å². The van der Waals surface area contributed by atoms with Crippen molar-refractivity contribution in [1.29, 1.82) is 0 Å². The number of hydrogen-bond acceptors (Lipinski definition) is 7. The maximum absolute atomic E-state index is 12.2. The average molecular weight is 573 g/mol. The average Bonchev–Trinajstić information content (AvgIpc) is 3.56. The molecule has 1 amide bonds. The molecule has 3 fully saturated rings. The first kappa shape index (κ1) is 32.2. The number of amides is 1. The smallest absolute Gasteiger partial charge is 0.475 e. The first-order valence-corrected chi connectivity index (χ1v) is 11.8. The molecular formula is C23H29F6N3O7. The summed E-state index contributed by atoms with van der Waals surface area (Å²) < 4.78 is 75.1. The van der Waals surface area contributed by atoms with Crippen LogP contribution >= 0.6 is 0 Å². The molecule has 4 heterocycles. The van der Waals surface area contributed by atoms with Gasteiger partial charge in [0.05, 0.1) is 19.8 Å². The van der Waals surface area contributed by atoms with Gasteiger partial charge in [0.1, 0.15) is 6.61 Å². The van der Waals surface area contributed by atoms with Crippen LogP contribution in [0, 0.1) is 11.3 Å². The van der Waals surface area contributed by atoms with Gasteiger partial charge >= 0.3 is 24.3 Å². The van der Waals surface area contributed by atoms with Crippen molar-refractivity contribution in [1.82, 2.24) is 14.8 Å². The lowest BCUT2D eigenvalue weighted by Crippen LogP contribution is -2.38. The van der Waals surface area contributed by atoms with Crippen LogP contribution in [0.5, 0.6) is 0 Å². The molecule has 0 aromatic carbocycles. The SMILES string of the molecule is O=C(COC[C@]12COC[C@H]1CN(Cc1ccncc1)C2)N1CCCC1.O=C(O)C(F)(F)F.O=C(O)C(F)(F)F. The summed E-state index contributed by atoms with van der Waals surface area (Å²) in [6, 6.07) is 4.14. The number of carbonyl (C=O) groups is 3. The van der Waals surface area contributed by atoms with Crippen molar-refractivity contribution in [3.8, 4) is 0 Å². The van der Waals surface area contributed by atoms with E-state index in [1.54, 1.807) is 0 Å². The largest absolute Gasteiger partial charge is 0.490 e. The lowest BCUT2D eigenvalue weighted by atomic mass is 9.82. The highest BCUT2D eigenvalue weighted by molar-refractivity contribution is 5.77. The molecule has 0 saturated carbocycles. The van der Waals surface area contributed by atoms with Gasteiger partial charge in [-0.1, -0.05) is 0 Å². The van der Waals surface area contributed by atoms with E-state index >= 15 is 0 Å². The van der Waals surface area contributed by atoms with E-state index in [1.807, 2.05) is 17.3 Å². The van der Waals surface area contributed by atoms with Crippen LogP contribution < -0.4 is 0 Å². The molecule has 0 bridgehead atoms. The molecule has 0 spiro atoms. The Kier molecular flexibility index (Phi) is 11.5. The zero-order chi connectivity index (χ0) is 29.3. The highest BCUT2D eigenvalue weighted by Gasteiger charge is 2.50. The number of aromatic nitrogens is 1. The Balaban J connectivity index is 0.000000317. The highest BCUT2D eigenvalue weighted by Crippen LogP contribution is 2.42. The first-order chi connectivity index (χ1) is 18.1. The summed E-state index contributed by atoms with van der Waals surface area (Å²) in [6.45, 7) is 7.08. The van der Waals surface area contributed by atoms with Gasteiger partial charge in [-0.3, -0.25) is 14.7 Å². The minimum Gasteiger partial charge on any atom is -0.475 e. The third-order valence-corrected chi connectivity index (χ3v) is 6.31.